The van der Waals surface area contributed by atoms with Crippen LogP contribution < -0.4 is 16.4 Å². The summed E-state index contributed by atoms with van der Waals surface area (Å²) in [5, 5.41) is 6.07. The molecule has 2 aromatic carbocycles. The summed E-state index contributed by atoms with van der Waals surface area (Å²) in [6.07, 6.45) is 0.344. The zero-order valence-corrected chi connectivity index (χ0v) is 13.7. The number of para-hydroxylation sites is 1. The van der Waals surface area contributed by atoms with Gasteiger partial charge in [-0.3, -0.25) is 4.79 Å². The average Bonchev–Trinajstić information content (AvgIpc) is 2.70. The number of nitrogens with one attached hydrogen (secondary N) is 2. The third-order valence-corrected chi connectivity index (χ3v) is 4.13. The Morgan fingerprint density at radius 2 is 1.92 bits per heavy atom. The van der Waals surface area contributed by atoms with Crippen LogP contribution in [0, 0.1) is 0 Å². The minimum Gasteiger partial charge on any atom is -0.399 e. The Bertz CT molecular complexity index is 812. The molecule has 124 valence electrons. The zero-order valence-electron chi connectivity index (χ0n) is 13.7. The molecule has 0 bridgehead atoms. The fourth-order valence-corrected chi connectivity index (χ4v) is 2.83. The molecule has 0 aromatic heterocycles. The van der Waals surface area contributed by atoms with Gasteiger partial charge in [0.2, 0.25) is 5.91 Å². The van der Waals surface area contributed by atoms with Gasteiger partial charge in [0.15, 0.2) is 0 Å². The number of halogens is 1. The molecule has 1 atom stereocenters. The Kier molecular flexibility index (Phi) is 4.25. The lowest BCUT2D eigenvalue weighted by Crippen LogP contribution is -2.19. The van der Waals surface area contributed by atoms with E-state index in [0.717, 1.165) is 5.56 Å². The first-order valence-electron chi connectivity index (χ1n) is 7.87. The van der Waals surface area contributed by atoms with Gasteiger partial charge in [-0.05, 0) is 49.2 Å². The molecule has 24 heavy (non-hydrogen) atoms. The number of hydrogen-bond donors (Lipinski definition) is 3. The van der Waals surface area contributed by atoms with E-state index < -0.39 is 0 Å². The summed E-state index contributed by atoms with van der Waals surface area (Å²) >= 11 is 0. The molecular formula is C19H20FN3O. The minimum absolute atomic E-state index is 0.0722. The lowest BCUT2D eigenvalue weighted by atomic mass is 10.0. The fraction of sp³-hybridized carbons (Fsp3) is 0.211. The molecule has 0 fully saturated rings. The van der Waals surface area contributed by atoms with Crippen LogP contribution >= 0.6 is 0 Å². The van der Waals surface area contributed by atoms with E-state index in [1.807, 2.05) is 6.92 Å². The van der Waals surface area contributed by atoms with Gasteiger partial charge in [-0.1, -0.05) is 18.2 Å². The first kappa shape index (κ1) is 16.1. The Morgan fingerprint density at radius 1 is 1.21 bits per heavy atom. The highest BCUT2D eigenvalue weighted by molar-refractivity contribution is 6.00. The van der Waals surface area contributed by atoms with Crippen LogP contribution in [-0.2, 0) is 4.79 Å². The quantitative estimate of drug-likeness (QED) is 0.570. The SMILES string of the molecule is C/C(=C(\F)c1cccc2c1N[C@H](C)CC(=O)N2)c1ccc(N)cc1. The molecule has 4 nitrogen and oxygen atoms in total. The summed E-state index contributed by atoms with van der Waals surface area (Å²) in [7, 11) is 0. The van der Waals surface area contributed by atoms with Gasteiger partial charge < -0.3 is 16.4 Å². The summed E-state index contributed by atoms with van der Waals surface area (Å²) < 4.78 is 15.2. The van der Waals surface area contributed by atoms with Crippen molar-refractivity contribution in [2.45, 2.75) is 26.3 Å². The average molecular weight is 325 g/mol. The predicted octanol–water partition coefficient (Wildman–Crippen LogP) is 4.27. The van der Waals surface area contributed by atoms with E-state index in [2.05, 4.69) is 10.6 Å². The Balaban J connectivity index is 2.09. The second-order valence-electron chi connectivity index (χ2n) is 6.09. The predicted molar refractivity (Wildman–Crippen MR) is 97.2 cm³/mol. The van der Waals surface area contributed by atoms with E-state index in [0.29, 0.717) is 34.6 Å². The number of rotatable bonds is 2. The highest BCUT2D eigenvalue weighted by Crippen LogP contribution is 2.37. The van der Waals surface area contributed by atoms with E-state index in [-0.39, 0.29) is 17.8 Å². The maximum atomic E-state index is 15.2. The highest BCUT2D eigenvalue weighted by atomic mass is 19.1. The van der Waals surface area contributed by atoms with Gasteiger partial charge >= 0.3 is 0 Å². The third-order valence-electron chi connectivity index (χ3n) is 4.13. The second-order valence-corrected chi connectivity index (χ2v) is 6.09. The number of nitrogens with two attached hydrogens (primary N) is 1. The van der Waals surface area contributed by atoms with E-state index in [1.165, 1.54) is 0 Å². The second kappa shape index (κ2) is 6.35. The maximum absolute atomic E-state index is 15.2. The molecule has 3 rings (SSSR count). The van der Waals surface area contributed by atoms with Crippen molar-refractivity contribution in [3.8, 4) is 0 Å². The molecule has 1 aliphatic rings. The van der Waals surface area contributed by atoms with Crippen molar-refractivity contribution in [1.29, 1.82) is 0 Å². The lowest BCUT2D eigenvalue weighted by Gasteiger charge is -2.16. The highest BCUT2D eigenvalue weighted by Gasteiger charge is 2.22. The molecule has 0 spiro atoms. The summed E-state index contributed by atoms with van der Waals surface area (Å²) in [5.74, 6) is -0.405. The van der Waals surface area contributed by atoms with Crippen LogP contribution in [0.3, 0.4) is 0 Å². The first-order valence-corrected chi connectivity index (χ1v) is 7.87. The molecule has 2 aromatic rings. The third kappa shape index (κ3) is 3.11. The molecule has 0 radical (unpaired) electrons. The van der Waals surface area contributed by atoms with Gasteiger partial charge in [-0.25, -0.2) is 4.39 Å². The Labute approximate surface area is 140 Å². The molecule has 0 saturated heterocycles. The summed E-state index contributed by atoms with van der Waals surface area (Å²) in [6, 6.07) is 12.2. The molecular weight excluding hydrogens is 305 g/mol. The summed E-state index contributed by atoms with van der Waals surface area (Å²) in [5.41, 5.74) is 9.27. The number of hydrogen-bond acceptors (Lipinski definition) is 3. The van der Waals surface area contributed by atoms with Gasteiger partial charge in [-0.2, -0.15) is 0 Å². The number of carbonyl (C=O) groups excluding carboxylic acids is 1. The van der Waals surface area contributed by atoms with Crippen molar-refractivity contribution in [3.63, 3.8) is 0 Å². The van der Waals surface area contributed by atoms with Crippen molar-refractivity contribution in [3.05, 3.63) is 53.6 Å². The van der Waals surface area contributed by atoms with Crippen LogP contribution in [0.2, 0.25) is 0 Å². The standard InChI is InChI=1S/C19H20FN3O/c1-11-10-17(24)23-16-5-3-4-15(19(16)22-11)18(20)12(2)13-6-8-14(21)9-7-13/h3-9,11,22H,10,21H2,1-2H3,(H,23,24)/b18-12+/t11-/m1/s1. The van der Waals surface area contributed by atoms with E-state index >= 15 is 4.39 Å². The van der Waals surface area contributed by atoms with Gasteiger partial charge in [-0.15, -0.1) is 0 Å². The monoisotopic (exact) mass is 325 g/mol. The first-order chi connectivity index (χ1) is 11.5. The molecule has 5 heteroatoms. The van der Waals surface area contributed by atoms with Crippen LogP contribution in [0.25, 0.3) is 11.4 Å². The van der Waals surface area contributed by atoms with Crippen LogP contribution in [0.15, 0.2) is 42.5 Å². The number of fused-ring (bicyclic) bond motifs is 1. The topological polar surface area (TPSA) is 67.2 Å². The van der Waals surface area contributed by atoms with E-state index in [4.69, 9.17) is 5.73 Å². The van der Waals surface area contributed by atoms with Gasteiger partial charge in [0, 0.05) is 23.7 Å². The summed E-state index contributed by atoms with van der Waals surface area (Å²) in [4.78, 5) is 11.9. The molecule has 0 unspecified atom stereocenters. The molecule has 1 amide bonds. The Hall–Kier alpha value is -2.82. The number of amides is 1. The minimum atomic E-state index is -0.326. The summed E-state index contributed by atoms with van der Waals surface area (Å²) in [6.45, 7) is 3.64. The van der Waals surface area contributed by atoms with Crippen molar-refractivity contribution in [1.82, 2.24) is 0 Å². The van der Waals surface area contributed by atoms with Crippen LogP contribution in [0.5, 0.6) is 0 Å². The van der Waals surface area contributed by atoms with E-state index in [9.17, 15) is 4.79 Å². The molecule has 0 saturated carbocycles. The zero-order chi connectivity index (χ0) is 17.3. The maximum Gasteiger partial charge on any atom is 0.226 e. The van der Waals surface area contributed by atoms with Gasteiger partial charge in [0.25, 0.3) is 0 Å². The molecule has 0 aliphatic carbocycles. The van der Waals surface area contributed by atoms with Gasteiger partial charge in [0.1, 0.15) is 5.83 Å². The van der Waals surface area contributed by atoms with Crippen molar-refractivity contribution < 1.29 is 9.18 Å². The fourth-order valence-electron chi connectivity index (χ4n) is 2.83. The number of benzene rings is 2. The molecule has 1 aliphatic heterocycles. The molecule has 1 heterocycles. The largest absolute Gasteiger partial charge is 0.399 e. The Morgan fingerprint density at radius 3 is 2.62 bits per heavy atom. The van der Waals surface area contributed by atoms with Gasteiger partial charge in [0.05, 0.1) is 11.4 Å². The smallest absolute Gasteiger partial charge is 0.226 e. The van der Waals surface area contributed by atoms with Crippen molar-refractivity contribution >= 4 is 34.4 Å². The van der Waals surface area contributed by atoms with Crippen LogP contribution in [-0.4, -0.2) is 11.9 Å². The van der Waals surface area contributed by atoms with Crippen molar-refractivity contribution in [2.24, 2.45) is 0 Å². The lowest BCUT2D eigenvalue weighted by molar-refractivity contribution is -0.116. The molecule has 4 N–H and O–H groups in total. The van der Waals surface area contributed by atoms with Crippen LogP contribution in [0.1, 0.15) is 31.4 Å². The normalized spacial score (nSPS) is 18.0. The van der Waals surface area contributed by atoms with E-state index in [1.54, 1.807) is 49.4 Å². The number of anilines is 3. The number of allylic oxidation sites excluding steroid dienone is 1. The number of nitrogen functional groups attached to an aromatic ring is 1. The van der Waals surface area contributed by atoms with Crippen LogP contribution in [0.4, 0.5) is 21.5 Å². The van der Waals surface area contributed by atoms with Crippen molar-refractivity contribution in [2.75, 3.05) is 16.4 Å². The number of carbonyl (C=O) groups is 1.